The van der Waals surface area contributed by atoms with Gasteiger partial charge in [-0.2, -0.15) is 6.07 Å². The SMILES string of the molecule is CC1=C2c3oc(C)cc3C1[Si]2(C)C.Cc1ccc(-c2cccc3[cH-]c(C)cc23)cc1.[Cl-].[Cl-].[Zr+3]. The van der Waals surface area contributed by atoms with Crippen LogP contribution in [0.15, 0.2) is 70.7 Å². The van der Waals surface area contributed by atoms with Crippen molar-refractivity contribution in [1.29, 1.82) is 0 Å². The predicted molar refractivity (Wildman–Crippen MR) is 131 cm³/mol. The molecule has 7 rings (SSSR count). The van der Waals surface area contributed by atoms with E-state index in [-0.39, 0.29) is 51.0 Å². The third-order valence-corrected chi connectivity index (χ3v) is 11.0. The van der Waals surface area contributed by atoms with Gasteiger partial charge in [0.25, 0.3) is 0 Å². The molecule has 0 N–H and O–H groups in total. The fourth-order valence-electron chi connectivity index (χ4n) is 5.67. The molecular formula is C28H29Cl2OSiZr. The molecule has 1 aromatic heterocycles. The van der Waals surface area contributed by atoms with Crippen LogP contribution in [0.5, 0.6) is 0 Å². The molecule has 3 aliphatic rings. The van der Waals surface area contributed by atoms with Gasteiger partial charge in [-0.25, -0.2) is 0 Å². The zero-order chi connectivity index (χ0) is 21.2. The molecule has 4 aromatic rings. The van der Waals surface area contributed by atoms with Gasteiger partial charge in [0.05, 0.1) is 8.07 Å². The Morgan fingerprint density at radius 3 is 2.15 bits per heavy atom. The normalized spacial score (nSPS) is 16.5. The van der Waals surface area contributed by atoms with Crippen molar-refractivity contribution in [3.63, 3.8) is 0 Å². The third-order valence-electron chi connectivity index (χ3n) is 6.87. The summed E-state index contributed by atoms with van der Waals surface area (Å²) >= 11 is 0. The number of hydrogen-bond acceptors (Lipinski definition) is 1. The van der Waals surface area contributed by atoms with Crippen molar-refractivity contribution in [2.75, 3.05) is 0 Å². The van der Waals surface area contributed by atoms with E-state index in [1.165, 1.54) is 44.3 Å². The zero-order valence-corrected chi connectivity index (χ0v) is 25.0. The van der Waals surface area contributed by atoms with Crippen molar-refractivity contribution in [2.24, 2.45) is 0 Å². The number of aryl methyl sites for hydroxylation is 3. The fraction of sp³-hybridized carbons (Fsp3) is 0.250. The van der Waals surface area contributed by atoms with Crippen LogP contribution in [-0.2, 0) is 26.2 Å². The monoisotopic (exact) mass is 569 g/mol. The molecule has 1 radical (unpaired) electrons. The standard InChI is InChI=1S/C17H15.C11H14OSi.2ClH.Zr/c1-12-6-8-14(9-7-12)16-5-3-4-15-10-13(2)11-17(15)16;1-6-5-8-9(12-6)11-7(2)10(8)13(11,3)4;;;/h3-11H,1-2H3;5,10H,1-4H3;2*1H;/q-1;;;;+3/p-2. The molecule has 33 heavy (non-hydrogen) atoms. The number of rotatable bonds is 1. The number of hydrogen-bond donors (Lipinski definition) is 0. The Morgan fingerprint density at radius 2 is 1.55 bits per heavy atom. The summed E-state index contributed by atoms with van der Waals surface area (Å²) in [5, 5.41) is 4.29. The van der Waals surface area contributed by atoms with E-state index in [9.17, 15) is 0 Å². The number of benzene rings is 2. The van der Waals surface area contributed by atoms with Crippen molar-refractivity contribution in [2.45, 2.75) is 46.3 Å². The van der Waals surface area contributed by atoms with Gasteiger partial charge in [0.15, 0.2) is 0 Å². The van der Waals surface area contributed by atoms with E-state index in [4.69, 9.17) is 4.42 Å². The van der Waals surface area contributed by atoms with Gasteiger partial charge in [0.2, 0.25) is 0 Å². The van der Waals surface area contributed by atoms with Gasteiger partial charge in [-0.1, -0.05) is 67.0 Å². The minimum absolute atomic E-state index is 0. The largest absolute Gasteiger partial charge is 3.00 e. The minimum Gasteiger partial charge on any atom is -1.00 e. The van der Waals surface area contributed by atoms with Crippen LogP contribution in [0, 0.1) is 20.8 Å². The van der Waals surface area contributed by atoms with Crippen molar-refractivity contribution in [3.8, 4) is 11.1 Å². The minimum atomic E-state index is -1.10. The Balaban J connectivity index is 0.000000220. The van der Waals surface area contributed by atoms with Crippen LogP contribution in [0.3, 0.4) is 0 Å². The van der Waals surface area contributed by atoms with E-state index in [1.807, 2.05) is 6.92 Å². The summed E-state index contributed by atoms with van der Waals surface area (Å²) in [5.41, 5.74) is 9.11. The van der Waals surface area contributed by atoms with E-state index < -0.39 is 8.07 Å². The second-order valence-electron chi connectivity index (χ2n) is 9.56. The first-order valence-corrected chi connectivity index (χ1v) is 13.9. The van der Waals surface area contributed by atoms with Gasteiger partial charge in [0.1, 0.15) is 11.5 Å². The first kappa shape index (κ1) is 28.0. The van der Waals surface area contributed by atoms with Crippen LogP contribution in [-0.4, -0.2) is 8.07 Å². The molecule has 5 heteroatoms. The third kappa shape index (κ3) is 4.55. The molecule has 1 atom stereocenters. The van der Waals surface area contributed by atoms with Gasteiger partial charge < -0.3 is 29.2 Å². The second kappa shape index (κ2) is 10.2. The van der Waals surface area contributed by atoms with Crippen LogP contribution < -0.4 is 24.8 Å². The van der Waals surface area contributed by atoms with Crippen molar-refractivity contribution >= 4 is 24.0 Å². The van der Waals surface area contributed by atoms with E-state index in [0.717, 1.165) is 11.3 Å². The van der Waals surface area contributed by atoms with Crippen LogP contribution in [0.2, 0.25) is 13.1 Å². The molecular weight excluding hydrogens is 543 g/mol. The number of fused-ring (bicyclic) bond motifs is 1. The number of allylic oxidation sites excluding steroid dienone is 1. The molecule has 0 fully saturated rings. The summed E-state index contributed by atoms with van der Waals surface area (Å²) in [7, 11) is -1.10. The van der Waals surface area contributed by atoms with Gasteiger partial charge >= 0.3 is 26.2 Å². The predicted octanol–water partition coefficient (Wildman–Crippen LogP) is 2.11. The van der Waals surface area contributed by atoms with Crippen molar-refractivity contribution in [3.05, 3.63) is 94.4 Å². The average Bonchev–Trinajstić information content (AvgIpc) is 3.36. The molecule has 2 aliphatic heterocycles. The topological polar surface area (TPSA) is 13.1 Å². The molecule has 0 saturated heterocycles. The van der Waals surface area contributed by atoms with Crippen molar-refractivity contribution in [1.82, 2.24) is 0 Å². The molecule has 0 spiro atoms. The van der Waals surface area contributed by atoms with E-state index in [0.29, 0.717) is 0 Å². The summed E-state index contributed by atoms with van der Waals surface area (Å²) in [6.45, 7) is 13.5. The van der Waals surface area contributed by atoms with E-state index in [2.05, 4.69) is 94.5 Å². The second-order valence-corrected chi connectivity index (χ2v) is 14.1. The smallest absolute Gasteiger partial charge is 1.00 e. The van der Waals surface area contributed by atoms with E-state index in [1.54, 1.807) is 10.8 Å². The Labute approximate surface area is 230 Å². The van der Waals surface area contributed by atoms with Gasteiger partial charge in [-0.05, 0) is 37.6 Å². The summed E-state index contributed by atoms with van der Waals surface area (Å²) in [6, 6.07) is 22.0. The van der Waals surface area contributed by atoms with Gasteiger partial charge in [0, 0.05) is 11.1 Å². The Hall–Kier alpha value is -1.25. The molecule has 1 nitrogen and oxygen atoms in total. The maximum atomic E-state index is 5.76. The van der Waals surface area contributed by atoms with Crippen molar-refractivity contribution < 1.29 is 55.4 Å². The first-order chi connectivity index (χ1) is 14.3. The Kier molecular flexibility index (Phi) is 8.62. The van der Waals surface area contributed by atoms with Gasteiger partial charge in [-0.3, -0.25) is 0 Å². The summed E-state index contributed by atoms with van der Waals surface area (Å²) in [4.78, 5) is 0. The van der Waals surface area contributed by atoms with Gasteiger partial charge in [-0.15, -0.1) is 34.5 Å². The van der Waals surface area contributed by atoms with Crippen LogP contribution in [0.1, 0.15) is 40.7 Å². The quantitative estimate of drug-likeness (QED) is 0.252. The number of halogens is 2. The van der Waals surface area contributed by atoms with Crippen LogP contribution in [0.4, 0.5) is 0 Å². The average molecular weight is 572 g/mol. The van der Waals surface area contributed by atoms with Crippen LogP contribution in [0.25, 0.3) is 27.1 Å². The molecule has 2 bridgehead atoms. The zero-order valence-electron chi connectivity index (χ0n) is 20.0. The fourth-order valence-corrected chi connectivity index (χ4v) is 9.89. The molecule has 3 heterocycles. The summed E-state index contributed by atoms with van der Waals surface area (Å²) in [5.74, 6) is 2.31. The maximum Gasteiger partial charge on any atom is 3.00 e. The molecule has 169 valence electrons. The molecule has 0 saturated carbocycles. The van der Waals surface area contributed by atoms with Crippen LogP contribution >= 0.6 is 0 Å². The van der Waals surface area contributed by atoms with E-state index >= 15 is 0 Å². The first-order valence-electron chi connectivity index (χ1n) is 10.8. The number of furan rings is 1. The summed E-state index contributed by atoms with van der Waals surface area (Å²) in [6.07, 6.45) is 0. The Morgan fingerprint density at radius 1 is 0.879 bits per heavy atom. The molecule has 3 aromatic carbocycles. The summed E-state index contributed by atoms with van der Waals surface area (Å²) < 4.78 is 5.76. The molecule has 1 unspecified atom stereocenters. The maximum absolute atomic E-state index is 5.76. The Bertz CT molecular complexity index is 1310. The molecule has 1 aliphatic carbocycles. The molecule has 0 amide bonds.